The first kappa shape index (κ1) is 16.8. The minimum atomic E-state index is 0.591. The average molecular weight is 363 g/mol. The quantitative estimate of drug-likeness (QED) is 0.492. The number of hydrogen-bond donors (Lipinski definition) is 2. The molecule has 0 aromatic carbocycles. The Kier molecular flexibility index (Phi) is 4.78. The van der Waals surface area contributed by atoms with Crippen molar-refractivity contribution in [1.29, 1.82) is 0 Å². The van der Waals surface area contributed by atoms with E-state index in [1.54, 1.807) is 17.6 Å². The molecule has 0 saturated carbocycles. The van der Waals surface area contributed by atoms with E-state index in [9.17, 15) is 0 Å². The van der Waals surface area contributed by atoms with Gasteiger partial charge in [0, 0.05) is 5.39 Å². The summed E-state index contributed by atoms with van der Waals surface area (Å²) in [6, 6.07) is 3.80. The maximum absolute atomic E-state index is 6.33. The van der Waals surface area contributed by atoms with Crippen LogP contribution in [0.25, 0.3) is 20.4 Å². The third-order valence-corrected chi connectivity index (χ3v) is 5.33. The molecular weight excluding hydrogens is 344 g/mol. The van der Waals surface area contributed by atoms with Gasteiger partial charge in [0.05, 0.1) is 33.7 Å². The minimum absolute atomic E-state index is 0.591. The van der Waals surface area contributed by atoms with Gasteiger partial charge >= 0.3 is 0 Å². The number of pyridine rings is 1. The van der Waals surface area contributed by atoms with Crippen molar-refractivity contribution in [3.05, 3.63) is 40.4 Å². The van der Waals surface area contributed by atoms with Gasteiger partial charge < -0.3 is 9.73 Å². The number of H-pyrrole nitrogens is 1. The number of fused-ring (bicyclic) bond motifs is 3. The summed E-state index contributed by atoms with van der Waals surface area (Å²) in [6.07, 6.45) is 1.66. The lowest BCUT2D eigenvalue weighted by Crippen LogP contribution is -1.98. The largest absolute Gasteiger partial charge is 0.467 e. The van der Waals surface area contributed by atoms with E-state index in [0.717, 1.165) is 43.3 Å². The highest BCUT2D eigenvalue weighted by Crippen LogP contribution is 2.39. The van der Waals surface area contributed by atoms with Gasteiger partial charge in [0.25, 0.3) is 0 Å². The molecule has 0 aliphatic rings. The van der Waals surface area contributed by atoms with Crippen LogP contribution in [0.15, 0.2) is 22.8 Å². The normalized spacial score (nSPS) is 10.9. The first-order valence-corrected chi connectivity index (χ1v) is 9.04. The molecule has 126 valence electrons. The molecular formula is C17H19ClN4OS. The van der Waals surface area contributed by atoms with E-state index in [4.69, 9.17) is 16.0 Å². The second kappa shape index (κ2) is 6.83. The number of aromatic nitrogens is 3. The lowest BCUT2D eigenvalue weighted by Gasteiger charge is -2.02. The molecule has 0 amide bonds. The summed E-state index contributed by atoms with van der Waals surface area (Å²) in [5.74, 6) is 1.67. The molecule has 0 aliphatic heterocycles. The van der Waals surface area contributed by atoms with Crippen molar-refractivity contribution in [2.75, 3.05) is 5.32 Å². The summed E-state index contributed by atoms with van der Waals surface area (Å²) in [5, 5.41) is 12.5. The summed E-state index contributed by atoms with van der Waals surface area (Å²) in [4.78, 5) is 5.57. The predicted octanol–water partition coefficient (Wildman–Crippen LogP) is 5.67. The van der Waals surface area contributed by atoms with Crippen molar-refractivity contribution < 1.29 is 4.42 Å². The molecule has 0 fully saturated rings. The van der Waals surface area contributed by atoms with Crippen molar-refractivity contribution in [3.8, 4) is 0 Å². The standard InChI is InChI=1S/C15H13ClN4OS.C2H6/c1-7-10-12-13(22-15(10)18-8(2)11(7)16)14(20-19-12)17-6-9-4-3-5-21-9;1-2/h3-5H,6H2,1-2H3,(H2,17,19,20);1-2H3. The SMILES string of the molecule is CC.Cc1nc2sc3c(NCc4ccco4)n[nH]c3c2c(C)c1Cl. The molecule has 4 heterocycles. The molecule has 0 spiro atoms. The Morgan fingerprint density at radius 1 is 1.33 bits per heavy atom. The van der Waals surface area contributed by atoms with E-state index in [1.165, 1.54) is 0 Å². The van der Waals surface area contributed by atoms with Crippen molar-refractivity contribution in [1.82, 2.24) is 15.2 Å². The molecule has 4 aromatic rings. The number of thiophene rings is 1. The monoisotopic (exact) mass is 362 g/mol. The first-order chi connectivity index (χ1) is 11.6. The topological polar surface area (TPSA) is 66.7 Å². The zero-order chi connectivity index (χ0) is 17.3. The lowest BCUT2D eigenvalue weighted by atomic mass is 10.1. The van der Waals surface area contributed by atoms with E-state index < -0.39 is 0 Å². The van der Waals surface area contributed by atoms with E-state index in [0.29, 0.717) is 11.6 Å². The van der Waals surface area contributed by atoms with E-state index in [-0.39, 0.29) is 0 Å². The molecule has 0 atom stereocenters. The summed E-state index contributed by atoms with van der Waals surface area (Å²) >= 11 is 7.94. The second-order valence-corrected chi connectivity index (χ2v) is 6.50. The number of rotatable bonds is 3. The summed E-state index contributed by atoms with van der Waals surface area (Å²) in [7, 11) is 0. The Morgan fingerprint density at radius 3 is 2.83 bits per heavy atom. The van der Waals surface area contributed by atoms with Gasteiger partial charge in [-0.1, -0.05) is 25.4 Å². The van der Waals surface area contributed by atoms with E-state index >= 15 is 0 Å². The second-order valence-electron chi connectivity index (χ2n) is 5.13. The molecule has 4 rings (SSSR count). The van der Waals surface area contributed by atoms with Gasteiger partial charge in [0.1, 0.15) is 10.6 Å². The Hall–Kier alpha value is -2.05. The number of nitrogens with one attached hydrogen (secondary N) is 2. The Labute approximate surface area is 149 Å². The Bertz CT molecular complexity index is 972. The van der Waals surface area contributed by atoms with Gasteiger partial charge in [0.15, 0.2) is 5.82 Å². The van der Waals surface area contributed by atoms with Gasteiger partial charge in [0.2, 0.25) is 0 Å². The first-order valence-electron chi connectivity index (χ1n) is 7.84. The van der Waals surface area contributed by atoms with Crippen molar-refractivity contribution in [2.45, 2.75) is 34.2 Å². The van der Waals surface area contributed by atoms with Crippen LogP contribution in [0.3, 0.4) is 0 Å². The fraction of sp³-hybridized carbons (Fsp3) is 0.294. The van der Waals surface area contributed by atoms with E-state index in [2.05, 4.69) is 20.5 Å². The van der Waals surface area contributed by atoms with Gasteiger partial charge in [-0.25, -0.2) is 4.98 Å². The van der Waals surface area contributed by atoms with Crippen molar-refractivity contribution in [2.24, 2.45) is 0 Å². The molecule has 4 aromatic heterocycles. The summed E-state index contributed by atoms with van der Waals surface area (Å²) in [5.41, 5.74) is 2.87. The fourth-order valence-corrected chi connectivity index (χ4v) is 3.90. The fourth-order valence-electron chi connectivity index (χ4n) is 2.57. The highest BCUT2D eigenvalue weighted by Gasteiger charge is 2.18. The Balaban J connectivity index is 0.000000815. The number of anilines is 1. The van der Waals surface area contributed by atoms with Crippen LogP contribution in [-0.4, -0.2) is 15.2 Å². The predicted molar refractivity (Wildman–Crippen MR) is 101 cm³/mol. The van der Waals surface area contributed by atoms with Crippen LogP contribution in [-0.2, 0) is 6.54 Å². The maximum Gasteiger partial charge on any atom is 0.166 e. The third kappa shape index (κ3) is 2.76. The number of aryl methyl sites for hydroxylation is 2. The van der Waals surface area contributed by atoms with Crippen LogP contribution >= 0.6 is 22.9 Å². The van der Waals surface area contributed by atoms with Gasteiger partial charge in [-0.3, -0.25) is 5.10 Å². The molecule has 0 saturated heterocycles. The van der Waals surface area contributed by atoms with Crippen LogP contribution in [0, 0.1) is 13.8 Å². The maximum atomic E-state index is 6.33. The molecule has 2 N–H and O–H groups in total. The zero-order valence-electron chi connectivity index (χ0n) is 14.0. The smallest absolute Gasteiger partial charge is 0.166 e. The number of nitrogens with zero attached hydrogens (tertiary/aromatic N) is 2. The number of hydrogen-bond acceptors (Lipinski definition) is 5. The van der Waals surface area contributed by atoms with Crippen LogP contribution in [0.4, 0.5) is 5.82 Å². The van der Waals surface area contributed by atoms with Crippen LogP contribution in [0.2, 0.25) is 5.02 Å². The highest BCUT2D eigenvalue weighted by atomic mass is 35.5. The van der Waals surface area contributed by atoms with Gasteiger partial charge in [-0.2, -0.15) is 5.10 Å². The molecule has 0 bridgehead atoms. The molecule has 24 heavy (non-hydrogen) atoms. The van der Waals surface area contributed by atoms with Gasteiger partial charge in [-0.05, 0) is 31.5 Å². The third-order valence-electron chi connectivity index (χ3n) is 3.69. The highest BCUT2D eigenvalue weighted by molar-refractivity contribution is 7.26. The number of furan rings is 1. The number of halogens is 1. The van der Waals surface area contributed by atoms with Gasteiger partial charge in [-0.15, -0.1) is 11.3 Å². The number of aromatic amines is 1. The van der Waals surface area contributed by atoms with Crippen molar-refractivity contribution >= 4 is 49.2 Å². The summed E-state index contributed by atoms with van der Waals surface area (Å²) < 4.78 is 6.38. The average Bonchev–Trinajstić information content (AvgIpc) is 3.29. The molecule has 0 unspecified atom stereocenters. The van der Waals surface area contributed by atoms with Crippen molar-refractivity contribution in [3.63, 3.8) is 0 Å². The van der Waals surface area contributed by atoms with Crippen LogP contribution < -0.4 is 5.32 Å². The summed E-state index contributed by atoms with van der Waals surface area (Å²) in [6.45, 7) is 8.53. The molecule has 5 nitrogen and oxygen atoms in total. The molecule has 7 heteroatoms. The van der Waals surface area contributed by atoms with Crippen LogP contribution in [0.5, 0.6) is 0 Å². The lowest BCUT2D eigenvalue weighted by molar-refractivity contribution is 0.518. The van der Waals surface area contributed by atoms with E-state index in [1.807, 2.05) is 39.8 Å². The van der Waals surface area contributed by atoms with Crippen LogP contribution in [0.1, 0.15) is 30.9 Å². The Morgan fingerprint density at radius 2 is 2.12 bits per heavy atom. The minimum Gasteiger partial charge on any atom is -0.467 e. The zero-order valence-corrected chi connectivity index (χ0v) is 15.6. The molecule has 0 aliphatic carbocycles. The molecule has 0 radical (unpaired) electrons.